The van der Waals surface area contributed by atoms with Gasteiger partial charge in [-0.2, -0.15) is 0 Å². The zero-order valence-electron chi connectivity index (χ0n) is 14.0. The first-order valence-electron chi connectivity index (χ1n) is 8.79. The van der Waals surface area contributed by atoms with Crippen molar-refractivity contribution >= 4 is 53.3 Å². The topological polar surface area (TPSA) is 15.8 Å². The second-order valence-electron chi connectivity index (χ2n) is 6.71. The highest BCUT2D eigenvalue weighted by molar-refractivity contribution is 7.25. The number of nitrogens with one attached hydrogen (secondary N) is 1. The van der Waals surface area contributed by atoms with Gasteiger partial charge in [-0.05, 0) is 41.5 Å². The number of aromatic amines is 1. The summed E-state index contributed by atoms with van der Waals surface area (Å²) in [5.74, 6) is 0. The Bertz CT molecular complexity index is 1430. The van der Waals surface area contributed by atoms with Crippen LogP contribution < -0.4 is 0 Å². The Kier molecular flexibility index (Phi) is 2.82. The summed E-state index contributed by atoms with van der Waals surface area (Å²) < 4.78 is 2.70. The van der Waals surface area contributed by atoms with Gasteiger partial charge in [-0.25, -0.2) is 0 Å². The van der Waals surface area contributed by atoms with Crippen LogP contribution in [0.3, 0.4) is 0 Å². The predicted molar refractivity (Wildman–Crippen MR) is 114 cm³/mol. The van der Waals surface area contributed by atoms with Crippen LogP contribution >= 0.6 is 11.3 Å². The number of aromatic nitrogens is 1. The monoisotopic (exact) mass is 349 g/mol. The van der Waals surface area contributed by atoms with E-state index < -0.39 is 0 Å². The molecule has 0 atom stereocenters. The first-order chi connectivity index (χ1) is 12.9. The van der Waals surface area contributed by atoms with Crippen molar-refractivity contribution in [3.63, 3.8) is 0 Å². The minimum atomic E-state index is 1.19. The number of fused-ring (bicyclic) bond motifs is 6. The van der Waals surface area contributed by atoms with Crippen molar-refractivity contribution in [2.75, 3.05) is 0 Å². The minimum Gasteiger partial charge on any atom is -0.355 e. The molecular weight excluding hydrogens is 334 g/mol. The van der Waals surface area contributed by atoms with E-state index in [0.717, 1.165) is 0 Å². The van der Waals surface area contributed by atoms with E-state index in [0.29, 0.717) is 0 Å². The van der Waals surface area contributed by atoms with Crippen LogP contribution in [-0.4, -0.2) is 4.98 Å². The molecule has 2 aromatic heterocycles. The zero-order valence-corrected chi connectivity index (χ0v) is 14.8. The predicted octanol–water partition coefficient (Wildman–Crippen LogP) is 7.36. The van der Waals surface area contributed by atoms with Gasteiger partial charge in [-0.3, -0.25) is 0 Å². The summed E-state index contributed by atoms with van der Waals surface area (Å²) in [4.78, 5) is 3.52. The molecule has 0 amide bonds. The van der Waals surface area contributed by atoms with Crippen LogP contribution in [0, 0.1) is 0 Å². The third kappa shape index (κ3) is 1.91. The first-order valence-corrected chi connectivity index (χ1v) is 9.61. The van der Waals surface area contributed by atoms with Gasteiger partial charge in [-0.1, -0.05) is 54.6 Å². The molecular formula is C24H15NS. The first kappa shape index (κ1) is 14.1. The second kappa shape index (κ2) is 5.20. The molecule has 0 radical (unpaired) electrons. The maximum absolute atomic E-state index is 3.52. The number of hydrogen-bond donors (Lipinski definition) is 1. The standard InChI is InChI=1S/C24H15NS/c1-3-9-20-17(6-1)19-14-15(12-13-21(19)25-20)16-8-5-11-23-24(16)18-7-2-4-10-22(18)26-23/h1-14,25H. The summed E-state index contributed by atoms with van der Waals surface area (Å²) in [6, 6.07) is 30.6. The van der Waals surface area contributed by atoms with Crippen LogP contribution in [0.4, 0.5) is 0 Å². The normalized spacial score (nSPS) is 11.8. The van der Waals surface area contributed by atoms with Crippen molar-refractivity contribution in [2.24, 2.45) is 0 Å². The Morgan fingerprint density at radius 1 is 0.577 bits per heavy atom. The number of H-pyrrole nitrogens is 1. The number of para-hydroxylation sites is 1. The minimum absolute atomic E-state index is 1.19. The van der Waals surface area contributed by atoms with Gasteiger partial charge in [0.15, 0.2) is 0 Å². The van der Waals surface area contributed by atoms with E-state index in [9.17, 15) is 0 Å². The van der Waals surface area contributed by atoms with Gasteiger partial charge in [0.1, 0.15) is 0 Å². The Morgan fingerprint density at radius 3 is 2.31 bits per heavy atom. The van der Waals surface area contributed by atoms with Gasteiger partial charge >= 0.3 is 0 Å². The molecule has 2 heteroatoms. The van der Waals surface area contributed by atoms with Gasteiger partial charge < -0.3 is 4.98 Å². The van der Waals surface area contributed by atoms with Crippen molar-refractivity contribution in [2.45, 2.75) is 0 Å². The van der Waals surface area contributed by atoms with E-state index in [2.05, 4.69) is 89.9 Å². The smallest absolute Gasteiger partial charge is 0.0465 e. The second-order valence-corrected chi connectivity index (χ2v) is 7.79. The average molecular weight is 349 g/mol. The Hall–Kier alpha value is -3.10. The third-order valence-electron chi connectivity index (χ3n) is 5.22. The molecule has 122 valence electrons. The Morgan fingerprint density at radius 2 is 1.35 bits per heavy atom. The average Bonchev–Trinajstić information content (AvgIpc) is 3.25. The summed E-state index contributed by atoms with van der Waals surface area (Å²) in [5, 5.41) is 5.29. The SMILES string of the molecule is c1ccc2c(c1)[nH]c1ccc(-c3cccc4sc5ccccc5c34)cc12. The summed E-state index contributed by atoms with van der Waals surface area (Å²) in [7, 11) is 0. The van der Waals surface area contributed by atoms with Crippen LogP contribution in [0.5, 0.6) is 0 Å². The van der Waals surface area contributed by atoms with Gasteiger partial charge in [0, 0.05) is 42.0 Å². The molecule has 0 fully saturated rings. The lowest BCUT2D eigenvalue weighted by Crippen LogP contribution is -1.80. The van der Waals surface area contributed by atoms with E-state index in [1.807, 2.05) is 11.3 Å². The van der Waals surface area contributed by atoms with E-state index in [1.165, 1.54) is 53.1 Å². The Balaban J connectivity index is 1.71. The summed E-state index contributed by atoms with van der Waals surface area (Å²) in [6.45, 7) is 0. The highest BCUT2D eigenvalue weighted by Gasteiger charge is 2.12. The molecule has 4 aromatic carbocycles. The van der Waals surface area contributed by atoms with Crippen LogP contribution in [0.1, 0.15) is 0 Å². The maximum atomic E-state index is 3.52. The zero-order chi connectivity index (χ0) is 17.1. The lowest BCUT2D eigenvalue weighted by molar-refractivity contribution is 1.55. The van der Waals surface area contributed by atoms with Crippen LogP contribution in [0.25, 0.3) is 53.1 Å². The largest absolute Gasteiger partial charge is 0.355 e. The van der Waals surface area contributed by atoms with E-state index in [1.54, 1.807) is 0 Å². The fourth-order valence-corrected chi connectivity index (χ4v) is 5.16. The fraction of sp³-hybridized carbons (Fsp3) is 0. The van der Waals surface area contributed by atoms with Gasteiger partial charge in [-0.15, -0.1) is 11.3 Å². The summed E-state index contributed by atoms with van der Waals surface area (Å²) >= 11 is 1.87. The van der Waals surface area contributed by atoms with E-state index in [-0.39, 0.29) is 0 Å². The van der Waals surface area contributed by atoms with Crippen molar-refractivity contribution in [3.05, 3.63) is 84.9 Å². The highest BCUT2D eigenvalue weighted by Crippen LogP contribution is 2.40. The van der Waals surface area contributed by atoms with Gasteiger partial charge in [0.2, 0.25) is 0 Å². The molecule has 0 unspecified atom stereocenters. The van der Waals surface area contributed by atoms with E-state index in [4.69, 9.17) is 0 Å². The molecule has 26 heavy (non-hydrogen) atoms. The third-order valence-corrected chi connectivity index (χ3v) is 6.36. The van der Waals surface area contributed by atoms with Crippen LogP contribution in [-0.2, 0) is 0 Å². The van der Waals surface area contributed by atoms with Gasteiger partial charge in [0.05, 0.1) is 0 Å². The van der Waals surface area contributed by atoms with Crippen LogP contribution in [0.15, 0.2) is 84.9 Å². The van der Waals surface area contributed by atoms with Crippen molar-refractivity contribution < 1.29 is 0 Å². The molecule has 0 aliphatic heterocycles. The molecule has 0 spiro atoms. The lowest BCUT2D eigenvalue weighted by atomic mass is 9.98. The molecule has 0 aliphatic rings. The van der Waals surface area contributed by atoms with Crippen molar-refractivity contribution in [1.29, 1.82) is 0 Å². The summed E-state index contributed by atoms with van der Waals surface area (Å²) in [5.41, 5.74) is 4.97. The fourth-order valence-electron chi connectivity index (χ4n) is 4.03. The van der Waals surface area contributed by atoms with Crippen molar-refractivity contribution in [1.82, 2.24) is 4.98 Å². The molecule has 6 aromatic rings. The number of hydrogen-bond acceptors (Lipinski definition) is 1. The highest BCUT2D eigenvalue weighted by atomic mass is 32.1. The molecule has 6 rings (SSSR count). The molecule has 0 saturated carbocycles. The Labute approximate surface area is 154 Å². The molecule has 2 heterocycles. The van der Waals surface area contributed by atoms with E-state index >= 15 is 0 Å². The quantitative estimate of drug-likeness (QED) is 0.319. The lowest BCUT2D eigenvalue weighted by Gasteiger charge is -2.05. The molecule has 1 nitrogen and oxygen atoms in total. The molecule has 1 N–H and O–H groups in total. The number of benzene rings is 4. The number of rotatable bonds is 1. The summed E-state index contributed by atoms with van der Waals surface area (Å²) in [6.07, 6.45) is 0. The van der Waals surface area contributed by atoms with Crippen LogP contribution in [0.2, 0.25) is 0 Å². The molecule has 0 aliphatic carbocycles. The maximum Gasteiger partial charge on any atom is 0.0465 e. The molecule has 0 saturated heterocycles. The van der Waals surface area contributed by atoms with Crippen molar-refractivity contribution in [3.8, 4) is 11.1 Å². The molecule has 0 bridgehead atoms. The number of thiophene rings is 1. The van der Waals surface area contributed by atoms with Gasteiger partial charge in [0.25, 0.3) is 0 Å².